The van der Waals surface area contributed by atoms with Gasteiger partial charge in [-0.15, -0.1) is 0 Å². The van der Waals surface area contributed by atoms with Gasteiger partial charge in [0.05, 0.1) is 24.0 Å². The van der Waals surface area contributed by atoms with Gasteiger partial charge in [-0.2, -0.15) is 0 Å². The number of piperazine rings is 1. The molecule has 2 rings (SSSR count). The number of pyridine rings is 1. The number of nitrogens with two attached hydrogens (primary N) is 2. The molecule has 0 aromatic carbocycles. The molecule has 1 aromatic heterocycles. The molecule has 0 spiro atoms. The van der Waals surface area contributed by atoms with E-state index in [2.05, 4.69) is 10.3 Å². The Kier molecular flexibility index (Phi) is 3.55. The number of rotatable bonds is 3. The van der Waals surface area contributed by atoms with Crippen molar-refractivity contribution in [3.63, 3.8) is 0 Å². The van der Waals surface area contributed by atoms with Gasteiger partial charge in [-0.1, -0.05) is 6.92 Å². The fourth-order valence-corrected chi connectivity index (χ4v) is 2.14. The highest BCUT2D eigenvalue weighted by Gasteiger charge is 2.33. The minimum absolute atomic E-state index is 0.0145. The first kappa shape index (κ1) is 13.8. The van der Waals surface area contributed by atoms with Crippen molar-refractivity contribution < 1.29 is 14.4 Å². The number of nitrogens with zero attached hydrogens (tertiary/aromatic N) is 2. The lowest BCUT2D eigenvalue weighted by atomic mass is 10.1. The van der Waals surface area contributed by atoms with Crippen molar-refractivity contribution in [1.29, 1.82) is 0 Å². The van der Waals surface area contributed by atoms with Crippen LogP contribution in [-0.4, -0.2) is 35.3 Å². The Hall–Kier alpha value is -2.64. The van der Waals surface area contributed by atoms with Gasteiger partial charge in [-0.3, -0.25) is 19.7 Å². The second-order valence-electron chi connectivity index (χ2n) is 4.46. The summed E-state index contributed by atoms with van der Waals surface area (Å²) in [6, 6.07) is 0.871. The van der Waals surface area contributed by atoms with Gasteiger partial charge in [0.1, 0.15) is 11.9 Å². The molecule has 2 heterocycles. The number of hydrogen-bond donors (Lipinski definition) is 3. The molecule has 1 aliphatic rings. The standard InChI is InChI=1S/C12H15N5O3/c1-2-8-12(20)16-10(18)5-17(8)9-3-6(11(14)19)7(13)4-15-9/h3-4,8H,2,5,13H2,1H3,(H2,14,19)(H,16,18,20). The minimum Gasteiger partial charge on any atom is -0.397 e. The van der Waals surface area contributed by atoms with Crippen molar-refractivity contribution in [1.82, 2.24) is 10.3 Å². The Bertz CT molecular complexity index is 586. The lowest BCUT2D eigenvalue weighted by Crippen LogP contribution is -2.58. The Morgan fingerprint density at radius 3 is 2.85 bits per heavy atom. The van der Waals surface area contributed by atoms with Crippen LogP contribution in [0.1, 0.15) is 23.7 Å². The fourth-order valence-electron chi connectivity index (χ4n) is 2.14. The lowest BCUT2D eigenvalue weighted by molar-refractivity contribution is -0.132. The van der Waals surface area contributed by atoms with Crippen LogP contribution >= 0.6 is 0 Å². The number of primary amides is 1. The predicted octanol–water partition coefficient (Wildman–Crippen LogP) is -0.996. The highest BCUT2D eigenvalue weighted by atomic mass is 16.2. The molecule has 1 saturated heterocycles. The van der Waals surface area contributed by atoms with Gasteiger partial charge in [0.15, 0.2) is 0 Å². The van der Waals surface area contributed by atoms with Crippen molar-refractivity contribution in [3.8, 4) is 0 Å². The van der Waals surface area contributed by atoms with Gasteiger partial charge in [0, 0.05) is 0 Å². The Morgan fingerprint density at radius 1 is 1.55 bits per heavy atom. The zero-order valence-electron chi connectivity index (χ0n) is 10.9. The van der Waals surface area contributed by atoms with Crippen LogP contribution in [0.25, 0.3) is 0 Å². The highest BCUT2D eigenvalue weighted by Crippen LogP contribution is 2.22. The molecule has 8 heteroatoms. The summed E-state index contributed by atoms with van der Waals surface area (Å²) >= 11 is 0. The predicted molar refractivity (Wildman–Crippen MR) is 71.7 cm³/mol. The summed E-state index contributed by atoms with van der Waals surface area (Å²) < 4.78 is 0. The van der Waals surface area contributed by atoms with E-state index in [1.807, 2.05) is 6.92 Å². The Labute approximate surface area is 115 Å². The summed E-state index contributed by atoms with van der Waals surface area (Å²) in [4.78, 5) is 40.2. The lowest BCUT2D eigenvalue weighted by Gasteiger charge is -2.34. The van der Waals surface area contributed by atoms with Crippen LogP contribution in [0.2, 0.25) is 0 Å². The SMILES string of the molecule is CCC1C(=O)NC(=O)CN1c1cc(C(N)=O)c(N)cn1. The van der Waals surface area contributed by atoms with E-state index in [9.17, 15) is 14.4 Å². The first-order valence-corrected chi connectivity index (χ1v) is 6.09. The van der Waals surface area contributed by atoms with Crippen molar-refractivity contribution in [2.75, 3.05) is 17.2 Å². The van der Waals surface area contributed by atoms with E-state index in [4.69, 9.17) is 11.5 Å². The van der Waals surface area contributed by atoms with Gasteiger partial charge in [-0.05, 0) is 12.5 Å². The van der Waals surface area contributed by atoms with E-state index in [1.165, 1.54) is 17.2 Å². The van der Waals surface area contributed by atoms with Crippen molar-refractivity contribution in [2.24, 2.45) is 5.73 Å². The second kappa shape index (κ2) is 5.16. The molecule has 0 aliphatic carbocycles. The number of hydrogen-bond acceptors (Lipinski definition) is 6. The van der Waals surface area contributed by atoms with Crippen LogP contribution in [0, 0.1) is 0 Å². The van der Waals surface area contributed by atoms with Gasteiger partial charge in [0.25, 0.3) is 5.91 Å². The molecule has 5 N–H and O–H groups in total. The van der Waals surface area contributed by atoms with Crippen molar-refractivity contribution in [3.05, 3.63) is 17.8 Å². The molecular weight excluding hydrogens is 262 g/mol. The molecule has 1 aromatic rings. The van der Waals surface area contributed by atoms with Crippen LogP contribution in [0.4, 0.5) is 11.5 Å². The molecule has 0 bridgehead atoms. The van der Waals surface area contributed by atoms with E-state index in [0.717, 1.165) is 0 Å². The molecule has 106 valence electrons. The quantitative estimate of drug-likeness (QED) is 0.607. The minimum atomic E-state index is -0.688. The molecular formula is C12H15N5O3. The third-order valence-electron chi connectivity index (χ3n) is 3.12. The molecule has 8 nitrogen and oxygen atoms in total. The Balaban J connectivity index is 2.42. The van der Waals surface area contributed by atoms with E-state index in [1.54, 1.807) is 0 Å². The van der Waals surface area contributed by atoms with E-state index in [0.29, 0.717) is 12.2 Å². The zero-order valence-corrected chi connectivity index (χ0v) is 10.9. The van der Waals surface area contributed by atoms with Crippen LogP contribution < -0.4 is 21.7 Å². The third kappa shape index (κ3) is 2.40. The maximum absolute atomic E-state index is 11.8. The summed E-state index contributed by atoms with van der Waals surface area (Å²) in [5.41, 5.74) is 11.1. The van der Waals surface area contributed by atoms with Gasteiger partial charge in [-0.25, -0.2) is 4.98 Å². The molecule has 1 fully saturated rings. The van der Waals surface area contributed by atoms with Gasteiger partial charge >= 0.3 is 0 Å². The van der Waals surface area contributed by atoms with Crippen LogP contribution in [-0.2, 0) is 9.59 Å². The summed E-state index contributed by atoms with van der Waals surface area (Å²) in [7, 11) is 0. The fraction of sp³-hybridized carbons (Fsp3) is 0.333. The number of amides is 3. The van der Waals surface area contributed by atoms with E-state index in [-0.39, 0.29) is 23.7 Å². The van der Waals surface area contributed by atoms with Crippen molar-refractivity contribution >= 4 is 29.2 Å². The van der Waals surface area contributed by atoms with Crippen LogP contribution in [0.3, 0.4) is 0 Å². The first-order valence-electron chi connectivity index (χ1n) is 6.09. The topological polar surface area (TPSA) is 131 Å². The zero-order chi connectivity index (χ0) is 14.9. The number of nitrogen functional groups attached to an aromatic ring is 1. The average Bonchev–Trinajstić information content (AvgIpc) is 2.38. The first-order chi connectivity index (χ1) is 9.43. The molecule has 0 radical (unpaired) electrons. The summed E-state index contributed by atoms with van der Waals surface area (Å²) in [6.45, 7) is 1.80. The van der Waals surface area contributed by atoms with Gasteiger partial charge in [0.2, 0.25) is 11.8 Å². The molecule has 1 unspecified atom stereocenters. The normalized spacial score (nSPS) is 18.9. The Morgan fingerprint density at radius 2 is 2.25 bits per heavy atom. The number of anilines is 2. The molecule has 20 heavy (non-hydrogen) atoms. The highest BCUT2D eigenvalue weighted by molar-refractivity contribution is 6.05. The average molecular weight is 277 g/mol. The van der Waals surface area contributed by atoms with Crippen LogP contribution in [0.15, 0.2) is 12.3 Å². The molecule has 3 amide bonds. The maximum Gasteiger partial charge on any atom is 0.250 e. The molecule has 0 saturated carbocycles. The summed E-state index contributed by atoms with van der Waals surface area (Å²) in [5, 5.41) is 2.27. The smallest absolute Gasteiger partial charge is 0.250 e. The number of nitrogens with one attached hydrogen (secondary N) is 1. The molecule has 1 aliphatic heterocycles. The molecule has 1 atom stereocenters. The van der Waals surface area contributed by atoms with Crippen LogP contribution in [0.5, 0.6) is 0 Å². The summed E-state index contributed by atoms with van der Waals surface area (Å²) in [5.74, 6) is -1.17. The summed E-state index contributed by atoms with van der Waals surface area (Å²) in [6.07, 6.45) is 1.79. The number of carbonyl (C=O) groups is 3. The van der Waals surface area contributed by atoms with E-state index >= 15 is 0 Å². The number of carbonyl (C=O) groups excluding carboxylic acids is 3. The largest absolute Gasteiger partial charge is 0.397 e. The van der Waals surface area contributed by atoms with Gasteiger partial charge < -0.3 is 16.4 Å². The van der Waals surface area contributed by atoms with E-state index < -0.39 is 17.9 Å². The number of imide groups is 1. The maximum atomic E-state index is 11.8. The second-order valence-corrected chi connectivity index (χ2v) is 4.46. The number of aromatic nitrogens is 1. The third-order valence-corrected chi connectivity index (χ3v) is 3.12. The monoisotopic (exact) mass is 277 g/mol. The van der Waals surface area contributed by atoms with Crippen molar-refractivity contribution in [2.45, 2.75) is 19.4 Å².